The van der Waals surface area contributed by atoms with Gasteiger partial charge < -0.3 is 39.0 Å². The van der Waals surface area contributed by atoms with E-state index in [0.29, 0.717) is 124 Å². The molecule has 0 rings (SSSR count). The average Bonchev–Trinajstić information content (AvgIpc) is 0.871. The van der Waals surface area contributed by atoms with Crippen molar-refractivity contribution in [3.63, 3.8) is 0 Å². The van der Waals surface area contributed by atoms with Crippen molar-refractivity contribution in [2.45, 2.75) is 596 Å². The van der Waals surface area contributed by atoms with Crippen molar-refractivity contribution in [2.24, 2.45) is 35.5 Å². The molecule has 0 bridgehead atoms. The standard InChI is InChI=1S/C58H114N2O5.C56H108BrNO5.C2H7N/c1-9-15-20-30-41-53(39-18-12-4)50-64-57(62)46-34-28-24-22-26-32-43-55(60(49-52(14-6)38-17-11-3)56(61)45-36-37-48-59(7)8)44-33-27-23-25-29-35-47-58(63)65-51-54(40-19-13-5)42-31-21-16-10-2;1-7-13-18-28-39-51(37-16-10-4)48-62-55(60)44-32-26-22-20-24-30-41-53(58(54(59)43-34-35-46-57)47-50(12-6)36-15-9-3)42-31-25-21-23-27-33-45-56(61)63-49-52(38-17-11-5)40-29-19-14-8-2;1-3-2/h52-55H,9-51H2,1-8H3;50-53H,7-49H2,1-6H3;3H,1-2H3. The highest BCUT2D eigenvalue weighted by Gasteiger charge is 2.29. The number of nitrogens with zero attached hydrogens (tertiary/aromatic N) is 3. The van der Waals surface area contributed by atoms with Crippen molar-refractivity contribution in [1.82, 2.24) is 20.0 Å². The lowest BCUT2D eigenvalue weighted by molar-refractivity contribution is -0.146. The molecular formula is C116H229BrN4O10. The number of rotatable bonds is 99. The van der Waals surface area contributed by atoms with Crippen molar-refractivity contribution >= 4 is 51.6 Å². The van der Waals surface area contributed by atoms with Gasteiger partial charge in [0.15, 0.2) is 0 Å². The Labute approximate surface area is 825 Å². The first-order chi connectivity index (χ1) is 63.8. The molecule has 0 radical (unpaired) electrons. The first-order valence-corrected chi connectivity index (χ1v) is 59.0. The quantitative estimate of drug-likeness (QED) is 0.0266. The van der Waals surface area contributed by atoms with Crippen molar-refractivity contribution < 1.29 is 47.7 Å². The van der Waals surface area contributed by atoms with E-state index in [2.05, 4.69) is 133 Å². The van der Waals surface area contributed by atoms with Crippen LogP contribution in [0, 0.1) is 35.5 Å². The van der Waals surface area contributed by atoms with E-state index in [1.54, 1.807) is 0 Å². The molecule has 0 saturated carbocycles. The molecule has 0 saturated heterocycles. The second-order valence-corrected chi connectivity index (χ2v) is 41.7. The Morgan fingerprint density at radius 2 is 0.427 bits per heavy atom. The first-order valence-electron chi connectivity index (χ1n) is 57.9. The van der Waals surface area contributed by atoms with Crippen molar-refractivity contribution in [3.8, 4) is 0 Å². The summed E-state index contributed by atoms with van der Waals surface area (Å²) in [4.78, 5) is 85.4. The van der Waals surface area contributed by atoms with Crippen LogP contribution < -0.4 is 5.32 Å². The van der Waals surface area contributed by atoms with Gasteiger partial charge in [-0.1, -0.05) is 420 Å². The van der Waals surface area contributed by atoms with Gasteiger partial charge in [-0.15, -0.1) is 0 Å². The molecule has 1 N–H and O–H groups in total. The summed E-state index contributed by atoms with van der Waals surface area (Å²) in [6, 6.07) is 0.638. The minimum absolute atomic E-state index is 0.00624. The fourth-order valence-corrected chi connectivity index (χ4v) is 19.2. The number of ether oxygens (including phenoxy) is 4. The molecule has 14 nitrogen and oxygen atoms in total. The SMILES string of the molecule is CCCCCCC(CCCC)COC(=O)CCCCCCCCC(CCCCCCCCC(=O)OCC(CCCC)CCCCCC)N(CC(CC)CCCC)C(=O)CCCCBr.CCCCCCC(CCCC)COC(=O)CCCCCCCCC(CCCCCCCCC(=O)OCC(CCCC)CCCCCC)N(CC(CC)CCCC)C(=O)CCCCN(C)C.CNC. The number of esters is 4. The minimum Gasteiger partial charge on any atom is -0.465 e. The van der Waals surface area contributed by atoms with Gasteiger partial charge in [0, 0.05) is 69.0 Å². The van der Waals surface area contributed by atoms with Gasteiger partial charge >= 0.3 is 23.9 Å². The number of halogens is 1. The molecule has 0 aromatic carbocycles. The van der Waals surface area contributed by atoms with Crippen LogP contribution in [-0.2, 0) is 47.7 Å². The van der Waals surface area contributed by atoms with E-state index < -0.39 is 0 Å². The second kappa shape index (κ2) is 105. The Morgan fingerprint density at radius 1 is 0.237 bits per heavy atom. The van der Waals surface area contributed by atoms with Crippen LogP contribution in [0.3, 0.4) is 0 Å². The molecule has 0 fully saturated rings. The Bertz CT molecular complexity index is 2290. The van der Waals surface area contributed by atoms with Gasteiger partial charge in [0.05, 0.1) is 26.4 Å². The molecular weight excluding hydrogens is 1690 g/mol. The van der Waals surface area contributed by atoms with Gasteiger partial charge in [-0.2, -0.15) is 0 Å². The van der Waals surface area contributed by atoms with Crippen LogP contribution in [-0.4, -0.2) is 142 Å². The van der Waals surface area contributed by atoms with Gasteiger partial charge in [0.25, 0.3) is 0 Å². The molecule has 0 aliphatic heterocycles. The molecule has 0 aliphatic rings. The number of carbonyl (C=O) groups is 6. The number of hydrogen-bond donors (Lipinski definition) is 1. The van der Waals surface area contributed by atoms with Crippen LogP contribution in [0.4, 0.5) is 0 Å². The summed E-state index contributed by atoms with van der Waals surface area (Å²) in [5, 5.41) is 3.71. The number of alkyl halides is 1. The number of carbonyl (C=O) groups excluding carboxylic acids is 6. The highest BCUT2D eigenvalue weighted by molar-refractivity contribution is 9.09. The van der Waals surface area contributed by atoms with Crippen molar-refractivity contribution in [1.29, 1.82) is 0 Å². The largest absolute Gasteiger partial charge is 0.465 e. The monoisotopic (exact) mass is 1920 g/mol. The zero-order chi connectivity index (χ0) is 97.2. The Hall–Kier alpha value is -2.78. The van der Waals surface area contributed by atoms with Gasteiger partial charge in [-0.3, -0.25) is 28.8 Å². The zero-order valence-corrected chi connectivity index (χ0v) is 92.3. The predicted octanol–water partition coefficient (Wildman–Crippen LogP) is 34.7. The van der Waals surface area contributed by atoms with Crippen LogP contribution in [0.5, 0.6) is 0 Å². The fourth-order valence-electron chi connectivity index (χ4n) is 18.8. The maximum atomic E-state index is 14.1. The fraction of sp³-hybridized carbons (Fsp3) is 0.948. The van der Waals surface area contributed by atoms with Crippen molar-refractivity contribution in [2.75, 3.05) is 79.6 Å². The topological polar surface area (TPSA) is 161 Å². The lowest BCUT2D eigenvalue weighted by atomic mass is 9.94. The molecule has 6 unspecified atom stereocenters. The summed E-state index contributed by atoms with van der Waals surface area (Å²) in [6.07, 6.45) is 88.0. The highest BCUT2D eigenvalue weighted by atomic mass is 79.9. The minimum atomic E-state index is -0.00678. The van der Waals surface area contributed by atoms with Gasteiger partial charge in [0.1, 0.15) is 0 Å². The Kier molecular flexibility index (Phi) is 106. The molecule has 15 heteroatoms. The second-order valence-electron chi connectivity index (χ2n) is 40.9. The Balaban J connectivity index is -0.00000243. The summed E-state index contributed by atoms with van der Waals surface area (Å²) in [5.74, 6) is 3.97. The summed E-state index contributed by atoms with van der Waals surface area (Å²) < 4.78 is 23.1. The summed E-state index contributed by atoms with van der Waals surface area (Å²) >= 11 is 3.58. The van der Waals surface area contributed by atoms with E-state index in [4.69, 9.17) is 18.9 Å². The molecule has 131 heavy (non-hydrogen) atoms. The van der Waals surface area contributed by atoms with E-state index >= 15 is 0 Å². The lowest BCUT2D eigenvalue weighted by Gasteiger charge is -2.35. The Morgan fingerprint density at radius 3 is 0.649 bits per heavy atom. The third-order valence-corrected chi connectivity index (χ3v) is 28.4. The van der Waals surface area contributed by atoms with E-state index in [-0.39, 0.29) is 23.9 Å². The molecule has 0 heterocycles. The molecule has 0 aromatic heterocycles. The van der Waals surface area contributed by atoms with Crippen LogP contribution in [0.2, 0.25) is 0 Å². The van der Waals surface area contributed by atoms with Crippen LogP contribution in [0.15, 0.2) is 0 Å². The van der Waals surface area contributed by atoms with E-state index in [1.165, 1.54) is 295 Å². The molecule has 0 aromatic rings. The summed E-state index contributed by atoms with van der Waals surface area (Å²) in [5.41, 5.74) is 0. The van der Waals surface area contributed by atoms with Crippen molar-refractivity contribution in [3.05, 3.63) is 0 Å². The third-order valence-electron chi connectivity index (χ3n) is 27.9. The number of nitrogens with one attached hydrogen (secondary N) is 1. The molecule has 780 valence electrons. The third kappa shape index (κ3) is 89.6. The number of amides is 2. The van der Waals surface area contributed by atoms with Gasteiger partial charge in [-0.05, 0) is 212 Å². The first kappa shape index (κ1) is 132. The number of unbranched alkanes of at least 4 members (excludes halogenated alkanes) is 40. The smallest absolute Gasteiger partial charge is 0.305 e. The van der Waals surface area contributed by atoms with Gasteiger partial charge in [-0.25, -0.2) is 0 Å². The lowest BCUT2D eigenvalue weighted by Crippen LogP contribution is -2.43. The van der Waals surface area contributed by atoms with Gasteiger partial charge in [0.2, 0.25) is 11.8 Å². The zero-order valence-electron chi connectivity index (χ0n) is 90.7. The normalized spacial score (nSPS) is 13.3. The van der Waals surface area contributed by atoms with E-state index in [0.717, 1.165) is 192 Å². The van der Waals surface area contributed by atoms with Crippen LogP contribution in [0.1, 0.15) is 584 Å². The highest BCUT2D eigenvalue weighted by Crippen LogP contribution is 2.30. The number of hydrogen-bond acceptors (Lipinski definition) is 12. The molecule has 0 aliphatic carbocycles. The summed E-state index contributed by atoms with van der Waals surface area (Å²) in [7, 11) is 7.99. The van der Waals surface area contributed by atoms with Crippen LogP contribution in [0.25, 0.3) is 0 Å². The maximum absolute atomic E-state index is 14.1. The molecule has 0 spiro atoms. The van der Waals surface area contributed by atoms with Crippen LogP contribution >= 0.6 is 15.9 Å². The molecule has 6 atom stereocenters. The average molecular weight is 1920 g/mol. The predicted molar refractivity (Wildman–Crippen MR) is 571 cm³/mol. The maximum Gasteiger partial charge on any atom is 0.305 e. The summed E-state index contributed by atoms with van der Waals surface area (Å²) in [6.45, 7) is 32.5. The van der Waals surface area contributed by atoms with E-state index in [9.17, 15) is 28.8 Å². The van der Waals surface area contributed by atoms with E-state index in [1.807, 2.05) is 14.1 Å². The molecule has 2 amide bonds.